The number of non-ortho nitro benzene ring substituents is 1. The molecule has 5 atom stereocenters. The second-order valence-corrected chi connectivity index (χ2v) is 7.21. The third-order valence-electron chi connectivity index (χ3n) is 4.96. The van der Waals surface area contributed by atoms with Gasteiger partial charge in [0.2, 0.25) is 12.2 Å². The Hall–Kier alpha value is -3.42. The molecular formula is C21H24N2O10. The second-order valence-electron chi connectivity index (χ2n) is 7.21. The lowest BCUT2D eigenvalue weighted by molar-refractivity contribution is -0.384. The standard InChI is InChI=1S/C21H22N2O9.H2O/c1-11(25)22-17-20(28)19(27)16(10-24)32-21(17)31-15-8-4-13(5-9-15)18(26)12-2-6-14(7-3-12)23(29)30;/h2-9,16-17,19-21,24,27-28H,10H2,1H3,(H,22,25);1H2/t16-,17-,19-,20-,21-;/m1./s1. The van der Waals surface area contributed by atoms with Gasteiger partial charge in [-0.3, -0.25) is 19.7 Å². The minimum Gasteiger partial charge on any atom is -0.463 e. The first kappa shape index (κ1) is 25.8. The number of amides is 1. The molecule has 1 fully saturated rings. The Labute approximate surface area is 187 Å². The first-order chi connectivity index (χ1) is 15.2. The van der Waals surface area contributed by atoms with Crippen molar-refractivity contribution >= 4 is 17.4 Å². The molecule has 6 N–H and O–H groups in total. The quantitative estimate of drug-likeness (QED) is 0.233. The smallest absolute Gasteiger partial charge is 0.269 e. The Balaban J connectivity index is 0.00000385. The fourth-order valence-corrected chi connectivity index (χ4v) is 3.29. The highest BCUT2D eigenvalue weighted by molar-refractivity contribution is 6.09. The zero-order chi connectivity index (χ0) is 23.4. The van der Waals surface area contributed by atoms with Crippen LogP contribution in [0.4, 0.5) is 5.69 Å². The minimum atomic E-state index is -1.45. The van der Waals surface area contributed by atoms with Gasteiger partial charge in [0.15, 0.2) is 5.78 Å². The van der Waals surface area contributed by atoms with Crippen LogP contribution in [0.1, 0.15) is 22.8 Å². The molecule has 0 unspecified atom stereocenters. The van der Waals surface area contributed by atoms with Gasteiger partial charge in [-0.2, -0.15) is 0 Å². The number of aliphatic hydroxyl groups excluding tert-OH is 3. The molecule has 33 heavy (non-hydrogen) atoms. The van der Waals surface area contributed by atoms with E-state index < -0.39 is 48.1 Å². The number of nitro benzene ring substituents is 1. The van der Waals surface area contributed by atoms with Crippen LogP contribution in [0.5, 0.6) is 5.75 Å². The molecule has 1 saturated heterocycles. The first-order valence-corrected chi connectivity index (χ1v) is 9.66. The Morgan fingerprint density at radius 3 is 2.09 bits per heavy atom. The van der Waals surface area contributed by atoms with Crippen LogP contribution in [0.3, 0.4) is 0 Å². The molecule has 2 aromatic carbocycles. The van der Waals surface area contributed by atoms with Gasteiger partial charge in [-0.25, -0.2) is 0 Å². The summed E-state index contributed by atoms with van der Waals surface area (Å²) in [5.41, 5.74) is 0.450. The molecule has 0 aromatic heterocycles. The second kappa shape index (κ2) is 10.9. The molecule has 12 heteroatoms. The summed E-state index contributed by atoms with van der Waals surface area (Å²) in [4.78, 5) is 34.3. The van der Waals surface area contributed by atoms with Gasteiger partial charge in [0.05, 0.1) is 11.5 Å². The number of carbonyl (C=O) groups excluding carboxylic acids is 2. The summed E-state index contributed by atoms with van der Waals surface area (Å²) in [5.74, 6) is -0.591. The number of hydrogen-bond acceptors (Lipinski definition) is 9. The number of benzene rings is 2. The molecule has 1 aliphatic heterocycles. The molecule has 1 amide bonds. The van der Waals surface area contributed by atoms with E-state index in [9.17, 15) is 35.0 Å². The number of ketones is 1. The maximum atomic E-state index is 12.6. The Morgan fingerprint density at radius 2 is 1.61 bits per heavy atom. The molecule has 1 heterocycles. The van der Waals surface area contributed by atoms with Gasteiger partial charge in [0, 0.05) is 30.2 Å². The molecule has 12 nitrogen and oxygen atoms in total. The SMILES string of the molecule is CC(=O)N[C@H]1[C@H](Oc2ccc(C(=O)c3ccc([N+](=O)[O-])cc3)cc2)O[C@H](CO)[C@@H](O)[C@@H]1O.O. The van der Waals surface area contributed by atoms with E-state index in [4.69, 9.17) is 9.47 Å². The minimum absolute atomic E-state index is 0. The Morgan fingerprint density at radius 1 is 1.06 bits per heavy atom. The average Bonchev–Trinajstić information content (AvgIpc) is 2.78. The van der Waals surface area contributed by atoms with Gasteiger partial charge < -0.3 is 35.6 Å². The van der Waals surface area contributed by atoms with E-state index in [1.807, 2.05) is 0 Å². The molecule has 2 aromatic rings. The van der Waals surface area contributed by atoms with Crippen LogP contribution in [-0.4, -0.2) is 74.7 Å². The van der Waals surface area contributed by atoms with Crippen LogP contribution in [0.25, 0.3) is 0 Å². The van der Waals surface area contributed by atoms with E-state index in [0.717, 1.165) is 0 Å². The zero-order valence-corrected chi connectivity index (χ0v) is 17.5. The molecule has 0 aliphatic carbocycles. The van der Waals surface area contributed by atoms with Gasteiger partial charge in [0.1, 0.15) is 30.1 Å². The predicted molar refractivity (Wildman–Crippen MR) is 113 cm³/mol. The highest BCUT2D eigenvalue weighted by Crippen LogP contribution is 2.25. The van der Waals surface area contributed by atoms with Gasteiger partial charge in [-0.05, 0) is 36.4 Å². The highest BCUT2D eigenvalue weighted by Gasteiger charge is 2.46. The van der Waals surface area contributed by atoms with Gasteiger partial charge in [-0.1, -0.05) is 0 Å². The molecule has 0 spiro atoms. The number of rotatable bonds is 7. The Bertz CT molecular complexity index is 980. The largest absolute Gasteiger partial charge is 0.463 e. The summed E-state index contributed by atoms with van der Waals surface area (Å²) in [7, 11) is 0. The fourth-order valence-electron chi connectivity index (χ4n) is 3.29. The van der Waals surface area contributed by atoms with Crippen molar-refractivity contribution in [1.29, 1.82) is 0 Å². The van der Waals surface area contributed by atoms with Gasteiger partial charge in [-0.15, -0.1) is 0 Å². The molecule has 0 saturated carbocycles. The summed E-state index contributed by atoms with van der Waals surface area (Å²) < 4.78 is 11.2. The van der Waals surface area contributed by atoms with Crippen molar-refractivity contribution in [3.05, 3.63) is 69.8 Å². The van der Waals surface area contributed by atoms with Crippen LogP contribution in [0.15, 0.2) is 48.5 Å². The molecule has 1 aliphatic rings. The van der Waals surface area contributed by atoms with E-state index >= 15 is 0 Å². The molecular weight excluding hydrogens is 440 g/mol. The number of nitrogens with zero attached hydrogens (tertiary/aromatic N) is 1. The van der Waals surface area contributed by atoms with Crippen molar-refractivity contribution in [2.75, 3.05) is 6.61 Å². The zero-order valence-electron chi connectivity index (χ0n) is 17.5. The van der Waals surface area contributed by atoms with Crippen molar-refractivity contribution in [1.82, 2.24) is 5.32 Å². The summed E-state index contributed by atoms with van der Waals surface area (Å²) in [6.07, 6.45) is -5.22. The van der Waals surface area contributed by atoms with Crippen LogP contribution >= 0.6 is 0 Å². The van der Waals surface area contributed by atoms with E-state index in [0.29, 0.717) is 5.56 Å². The lowest BCUT2D eigenvalue weighted by Gasteiger charge is -2.42. The summed E-state index contributed by atoms with van der Waals surface area (Å²) in [6.45, 7) is 0.653. The molecule has 0 bridgehead atoms. The molecule has 178 valence electrons. The average molecular weight is 464 g/mol. The van der Waals surface area contributed by atoms with Crippen molar-refractivity contribution < 1.29 is 44.8 Å². The fraction of sp³-hybridized carbons (Fsp3) is 0.333. The van der Waals surface area contributed by atoms with Crippen molar-refractivity contribution in [2.45, 2.75) is 37.6 Å². The summed E-state index contributed by atoms with van der Waals surface area (Å²) in [5, 5.41) is 42.9. The number of aliphatic hydroxyl groups is 3. The van der Waals surface area contributed by atoms with Gasteiger partial charge >= 0.3 is 0 Å². The number of carbonyl (C=O) groups is 2. The summed E-state index contributed by atoms with van der Waals surface area (Å²) in [6, 6.07) is 9.99. The van der Waals surface area contributed by atoms with Crippen molar-refractivity contribution in [3.8, 4) is 5.75 Å². The van der Waals surface area contributed by atoms with Crippen molar-refractivity contribution in [2.24, 2.45) is 0 Å². The lowest BCUT2D eigenvalue weighted by atomic mass is 9.97. The molecule has 0 radical (unpaired) electrons. The van der Waals surface area contributed by atoms with E-state index in [1.165, 1.54) is 55.5 Å². The van der Waals surface area contributed by atoms with E-state index in [2.05, 4.69) is 5.32 Å². The molecule has 3 rings (SSSR count). The summed E-state index contributed by atoms with van der Waals surface area (Å²) >= 11 is 0. The maximum absolute atomic E-state index is 12.6. The maximum Gasteiger partial charge on any atom is 0.269 e. The predicted octanol–water partition coefficient (Wildman–Crippen LogP) is -0.676. The first-order valence-electron chi connectivity index (χ1n) is 9.66. The topological polar surface area (TPSA) is 200 Å². The van der Waals surface area contributed by atoms with Crippen LogP contribution in [0, 0.1) is 10.1 Å². The number of nitrogens with one attached hydrogen (secondary N) is 1. The van der Waals surface area contributed by atoms with Gasteiger partial charge in [0.25, 0.3) is 5.69 Å². The van der Waals surface area contributed by atoms with Crippen LogP contribution in [-0.2, 0) is 9.53 Å². The Kier molecular flexibility index (Phi) is 8.56. The van der Waals surface area contributed by atoms with Crippen LogP contribution < -0.4 is 10.1 Å². The normalized spacial score (nSPS) is 24.3. The monoisotopic (exact) mass is 464 g/mol. The third-order valence-corrected chi connectivity index (χ3v) is 4.96. The lowest BCUT2D eigenvalue weighted by Crippen LogP contribution is -2.65. The number of hydrogen-bond donors (Lipinski definition) is 4. The van der Waals surface area contributed by atoms with E-state index in [1.54, 1.807) is 0 Å². The number of ether oxygens (including phenoxy) is 2. The van der Waals surface area contributed by atoms with Crippen molar-refractivity contribution in [3.63, 3.8) is 0 Å². The van der Waals surface area contributed by atoms with E-state index in [-0.39, 0.29) is 28.3 Å². The highest BCUT2D eigenvalue weighted by atomic mass is 16.7. The third kappa shape index (κ3) is 5.88. The van der Waals surface area contributed by atoms with Crippen LogP contribution in [0.2, 0.25) is 0 Å². The number of nitro groups is 1.